The van der Waals surface area contributed by atoms with Gasteiger partial charge in [0, 0.05) is 45.5 Å². The number of piperazine rings is 1. The van der Waals surface area contributed by atoms with Crippen molar-refractivity contribution in [2.75, 3.05) is 37.6 Å². The Kier molecular flexibility index (Phi) is 4.51. The van der Waals surface area contributed by atoms with Crippen molar-refractivity contribution in [2.45, 2.75) is 13.0 Å². The number of carbonyl (C=O) groups excluding carboxylic acids is 2. The number of hydrogen-bond acceptors (Lipinski definition) is 5. The lowest BCUT2D eigenvalue weighted by Gasteiger charge is -2.32. The van der Waals surface area contributed by atoms with E-state index in [0.29, 0.717) is 50.9 Å². The summed E-state index contributed by atoms with van der Waals surface area (Å²) >= 11 is 0. The maximum atomic E-state index is 12.9. The predicted octanol–water partition coefficient (Wildman–Crippen LogP) is 0.953. The van der Waals surface area contributed by atoms with Gasteiger partial charge in [0.05, 0.1) is 0 Å². The first-order chi connectivity index (χ1) is 12.7. The molecule has 1 fully saturated rings. The maximum Gasteiger partial charge on any atom is 0.272 e. The highest BCUT2D eigenvalue weighted by atomic mass is 16.2. The van der Waals surface area contributed by atoms with Gasteiger partial charge < -0.3 is 14.7 Å². The summed E-state index contributed by atoms with van der Waals surface area (Å²) in [6.45, 7) is 3.96. The number of rotatable bonds is 3. The average molecular weight is 351 g/mol. The van der Waals surface area contributed by atoms with E-state index in [-0.39, 0.29) is 5.91 Å². The van der Waals surface area contributed by atoms with Gasteiger partial charge in [0.15, 0.2) is 0 Å². The van der Waals surface area contributed by atoms with Gasteiger partial charge in [0.2, 0.25) is 12.4 Å². The number of fused-ring (bicyclic) bond motifs is 1. The molecule has 2 aliphatic rings. The molecule has 2 aliphatic heterocycles. The summed E-state index contributed by atoms with van der Waals surface area (Å²) in [5, 5.41) is 0. The first-order valence-electron chi connectivity index (χ1n) is 8.88. The van der Waals surface area contributed by atoms with Crippen molar-refractivity contribution in [3.05, 3.63) is 53.3 Å². The first-order valence-corrected chi connectivity index (χ1v) is 8.88. The molecule has 0 bridgehead atoms. The monoisotopic (exact) mass is 351 g/mol. The summed E-state index contributed by atoms with van der Waals surface area (Å²) in [6, 6.07) is 9.92. The molecule has 0 spiro atoms. The average Bonchev–Trinajstić information content (AvgIpc) is 2.73. The molecule has 26 heavy (non-hydrogen) atoms. The van der Waals surface area contributed by atoms with Gasteiger partial charge in [-0.3, -0.25) is 9.59 Å². The molecule has 3 heterocycles. The Bertz CT molecular complexity index is 817. The Morgan fingerprint density at radius 3 is 2.54 bits per heavy atom. The van der Waals surface area contributed by atoms with Crippen molar-refractivity contribution in [1.82, 2.24) is 19.8 Å². The van der Waals surface area contributed by atoms with E-state index < -0.39 is 0 Å². The molecule has 1 saturated heterocycles. The number of benzene rings is 1. The molecule has 7 heteroatoms. The Labute approximate surface area is 152 Å². The van der Waals surface area contributed by atoms with Crippen LogP contribution in [0.15, 0.2) is 36.5 Å². The van der Waals surface area contributed by atoms with Crippen LogP contribution in [0.1, 0.15) is 21.6 Å². The fourth-order valence-electron chi connectivity index (χ4n) is 3.48. The standard InChI is InChI=1S/C19H21N5O2/c25-14-22-9-11-23(12-10-22)19-20-7-5-17(21-19)18(26)24-8-6-15-3-1-2-4-16(15)13-24/h1-5,7,14H,6,8-13H2. The van der Waals surface area contributed by atoms with Crippen molar-refractivity contribution < 1.29 is 9.59 Å². The highest BCUT2D eigenvalue weighted by Crippen LogP contribution is 2.20. The summed E-state index contributed by atoms with van der Waals surface area (Å²) in [5.74, 6) is 0.494. The maximum absolute atomic E-state index is 12.9. The summed E-state index contributed by atoms with van der Waals surface area (Å²) in [7, 11) is 0. The minimum Gasteiger partial charge on any atom is -0.342 e. The quantitative estimate of drug-likeness (QED) is 0.770. The highest BCUT2D eigenvalue weighted by molar-refractivity contribution is 5.92. The van der Waals surface area contributed by atoms with Gasteiger partial charge in [-0.25, -0.2) is 9.97 Å². The molecule has 2 amide bonds. The number of nitrogens with zero attached hydrogens (tertiary/aromatic N) is 5. The van der Waals surface area contributed by atoms with E-state index in [9.17, 15) is 9.59 Å². The number of aromatic nitrogens is 2. The lowest BCUT2D eigenvalue weighted by atomic mass is 10.00. The molecule has 0 atom stereocenters. The molecular weight excluding hydrogens is 330 g/mol. The van der Waals surface area contributed by atoms with Gasteiger partial charge in [-0.05, 0) is 23.6 Å². The van der Waals surface area contributed by atoms with Gasteiger partial charge in [0.25, 0.3) is 5.91 Å². The first kappa shape index (κ1) is 16.5. The minimum atomic E-state index is -0.0605. The van der Waals surface area contributed by atoms with Crippen molar-refractivity contribution in [3.63, 3.8) is 0 Å². The molecule has 4 rings (SSSR count). The van der Waals surface area contributed by atoms with Gasteiger partial charge in [-0.15, -0.1) is 0 Å². The summed E-state index contributed by atoms with van der Waals surface area (Å²) in [5.41, 5.74) is 2.94. The van der Waals surface area contributed by atoms with Crippen molar-refractivity contribution in [1.29, 1.82) is 0 Å². The molecular formula is C19H21N5O2. The van der Waals surface area contributed by atoms with Crippen LogP contribution in [0.3, 0.4) is 0 Å². The Morgan fingerprint density at radius 2 is 1.77 bits per heavy atom. The van der Waals surface area contributed by atoms with Crippen LogP contribution < -0.4 is 4.90 Å². The largest absolute Gasteiger partial charge is 0.342 e. The number of hydrogen-bond donors (Lipinski definition) is 0. The zero-order valence-corrected chi connectivity index (χ0v) is 14.5. The van der Waals surface area contributed by atoms with Crippen LogP contribution in [0.25, 0.3) is 0 Å². The zero-order chi connectivity index (χ0) is 17.9. The molecule has 134 valence electrons. The Morgan fingerprint density at radius 1 is 1.00 bits per heavy atom. The minimum absolute atomic E-state index is 0.0605. The van der Waals surface area contributed by atoms with E-state index in [1.165, 1.54) is 11.1 Å². The van der Waals surface area contributed by atoms with E-state index in [0.717, 1.165) is 12.8 Å². The van der Waals surface area contributed by atoms with Crippen molar-refractivity contribution >= 4 is 18.3 Å². The molecule has 0 aliphatic carbocycles. The second kappa shape index (κ2) is 7.11. The van der Waals surface area contributed by atoms with Crippen LogP contribution in [0, 0.1) is 0 Å². The predicted molar refractivity (Wildman–Crippen MR) is 96.8 cm³/mol. The Balaban J connectivity index is 1.48. The molecule has 0 N–H and O–H groups in total. The van der Waals surface area contributed by atoms with Crippen LogP contribution in [-0.2, 0) is 17.8 Å². The van der Waals surface area contributed by atoms with Gasteiger partial charge in [-0.1, -0.05) is 24.3 Å². The number of carbonyl (C=O) groups is 2. The van der Waals surface area contributed by atoms with Crippen LogP contribution in [0.5, 0.6) is 0 Å². The van der Waals surface area contributed by atoms with Crippen LogP contribution in [0.2, 0.25) is 0 Å². The third-order valence-electron chi connectivity index (χ3n) is 5.03. The van der Waals surface area contributed by atoms with E-state index in [2.05, 4.69) is 22.1 Å². The molecule has 1 aromatic carbocycles. The second-order valence-corrected chi connectivity index (χ2v) is 6.62. The van der Waals surface area contributed by atoms with E-state index in [1.807, 2.05) is 21.9 Å². The molecule has 0 saturated carbocycles. The normalized spacial score (nSPS) is 17.0. The van der Waals surface area contributed by atoms with E-state index in [4.69, 9.17) is 0 Å². The van der Waals surface area contributed by atoms with Crippen molar-refractivity contribution in [2.24, 2.45) is 0 Å². The highest BCUT2D eigenvalue weighted by Gasteiger charge is 2.24. The third-order valence-corrected chi connectivity index (χ3v) is 5.03. The topological polar surface area (TPSA) is 69.6 Å². The number of amides is 2. The zero-order valence-electron chi connectivity index (χ0n) is 14.5. The van der Waals surface area contributed by atoms with Crippen LogP contribution >= 0.6 is 0 Å². The molecule has 1 aromatic heterocycles. The number of anilines is 1. The Hall–Kier alpha value is -2.96. The molecule has 0 unspecified atom stereocenters. The molecule has 0 radical (unpaired) electrons. The van der Waals surface area contributed by atoms with Gasteiger partial charge in [-0.2, -0.15) is 0 Å². The molecule has 7 nitrogen and oxygen atoms in total. The fourth-order valence-corrected chi connectivity index (χ4v) is 3.48. The summed E-state index contributed by atoms with van der Waals surface area (Å²) < 4.78 is 0. The lowest BCUT2D eigenvalue weighted by Crippen LogP contribution is -2.46. The van der Waals surface area contributed by atoms with Crippen molar-refractivity contribution in [3.8, 4) is 0 Å². The van der Waals surface area contributed by atoms with E-state index in [1.54, 1.807) is 17.2 Å². The fraction of sp³-hybridized carbons (Fsp3) is 0.368. The second-order valence-electron chi connectivity index (χ2n) is 6.62. The van der Waals surface area contributed by atoms with Gasteiger partial charge in [0.1, 0.15) is 5.69 Å². The summed E-state index contributed by atoms with van der Waals surface area (Å²) in [6.07, 6.45) is 3.37. The van der Waals surface area contributed by atoms with Crippen LogP contribution in [-0.4, -0.2) is 64.8 Å². The SMILES string of the molecule is O=CN1CCN(c2nccc(C(=O)N3CCc4ccccc4C3)n2)CC1. The van der Waals surface area contributed by atoms with Gasteiger partial charge >= 0.3 is 0 Å². The lowest BCUT2D eigenvalue weighted by molar-refractivity contribution is -0.118. The van der Waals surface area contributed by atoms with E-state index >= 15 is 0 Å². The smallest absolute Gasteiger partial charge is 0.272 e. The third kappa shape index (κ3) is 3.24. The van der Waals surface area contributed by atoms with Crippen LogP contribution in [0.4, 0.5) is 5.95 Å². The molecule has 2 aromatic rings. The summed E-state index contributed by atoms with van der Waals surface area (Å²) in [4.78, 5) is 38.1.